The molecule has 0 aromatic heterocycles. The van der Waals surface area contributed by atoms with Gasteiger partial charge in [-0.1, -0.05) is 17.8 Å². The lowest BCUT2D eigenvalue weighted by atomic mass is 10.1. The van der Waals surface area contributed by atoms with Crippen LogP contribution >= 0.6 is 11.8 Å². The molecule has 32 heavy (non-hydrogen) atoms. The number of hydrogen-bond acceptors (Lipinski definition) is 7. The molecular formula is C23H25N3O5S. The van der Waals surface area contributed by atoms with E-state index in [9.17, 15) is 9.59 Å². The first kappa shape index (κ1) is 22.0. The summed E-state index contributed by atoms with van der Waals surface area (Å²) in [6, 6.07) is 13.0. The van der Waals surface area contributed by atoms with E-state index < -0.39 is 5.25 Å². The van der Waals surface area contributed by atoms with Crippen LogP contribution in [0.15, 0.2) is 47.5 Å². The number of thioether (sulfide) groups is 1. The van der Waals surface area contributed by atoms with Crippen LogP contribution in [-0.4, -0.2) is 47.1 Å². The zero-order chi connectivity index (χ0) is 22.5. The van der Waals surface area contributed by atoms with Crippen molar-refractivity contribution in [1.29, 1.82) is 0 Å². The highest BCUT2D eigenvalue weighted by molar-refractivity contribution is 8.15. The summed E-state index contributed by atoms with van der Waals surface area (Å²) in [5.41, 5.74) is 1.60. The summed E-state index contributed by atoms with van der Waals surface area (Å²) in [7, 11) is 0. The van der Waals surface area contributed by atoms with Crippen molar-refractivity contribution >= 4 is 34.4 Å². The molecule has 2 aliphatic heterocycles. The van der Waals surface area contributed by atoms with Crippen molar-refractivity contribution in [3.05, 3.63) is 48.0 Å². The smallest absolute Gasteiger partial charge is 0.242 e. The van der Waals surface area contributed by atoms with E-state index in [1.807, 2.05) is 56.3 Å². The van der Waals surface area contributed by atoms with Crippen LogP contribution in [0.2, 0.25) is 0 Å². The summed E-state index contributed by atoms with van der Waals surface area (Å²) in [6.07, 6.45) is 0.108. The molecule has 2 aromatic carbocycles. The van der Waals surface area contributed by atoms with Crippen LogP contribution in [0.4, 0.5) is 5.69 Å². The van der Waals surface area contributed by atoms with Gasteiger partial charge >= 0.3 is 0 Å². The minimum atomic E-state index is -0.517. The number of hydrogen-bond donors (Lipinski definition) is 1. The Labute approximate surface area is 190 Å². The number of amidine groups is 1. The second-order valence-electron chi connectivity index (χ2n) is 7.20. The number of carbonyl (C=O) groups excluding carboxylic acids is 2. The third-order valence-electron chi connectivity index (χ3n) is 4.91. The second kappa shape index (κ2) is 9.95. The fourth-order valence-electron chi connectivity index (χ4n) is 3.42. The van der Waals surface area contributed by atoms with Gasteiger partial charge in [0.15, 0.2) is 16.7 Å². The Morgan fingerprint density at radius 3 is 2.72 bits per heavy atom. The van der Waals surface area contributed by atoms with Gasteiger partial charge in [-0.2, -0.15) is 0 Å². The summed E-state index contributed by atoms with van der Waals surface area (Å²) >= 11 is 1.31. The highest BCUT2D eigenvalue weighted by atomic mass is 32.2. The Kier molecular flexibility index (Phi) is 6.84. The number of rotatable bonds is 8. The van der Waals surface area contributed by atoms with Crippen molar-refractivity contribution in [1.82, 2.24) is 10.2 Å². The zero-order valence-corrected chi connectivity index (χ0v) is 18.8. The minimum Gasteiger partial charge on any atom is -0.494 e. The highest BCUT2D eigenvalue weighted by Crippen LogP contribution is 2.36. The summed E-state index contributed by atoms with van der Waals surface area (Å²) in [5, 5.41) is 2.81. The number of aliphatic imine (C=N–C) groups is 1. The summed E-state index contributed by atoms with van der Waals surface area (Å²) in [4.78, 5) is 31.6. The molecule has 0 saturated carbocycles. The Morgan fingerprint density at radius 1 is 1.19 bits per heavy atom. The molecule has 2 aromatic rings. The van der Waals surface area contributed by atoms with E-state index in [-0.39, 0.29) is 25.0 Å². The fourth-order valence-corrected chi connectivity index (χ4v) is 4.58. The first-order chi connectivity index (χ1) is 15.6. The third kappa shape index (κ3) is 4.99. The minimum absolute atomic E-state index is 0.108. The molecule has 8 nitrogen and oxygen atoms in total. The van der Waals surface area contributed by atoms with E-state index in [0.717, 1.165) is 11.3 Å². The molecule has 168 valence electrons. The van der Waals surface area contributed by atoms with Crippen LogP contribution in [0.5, 0.6) is 17.2 Å². The van der Waals surface area contributed by atoms with E-state index in [1.54, 1.807) is 4.90 Å². The molecule has 1 saturated heterocycles. The molecular weight excluding hydrogens is 430 g/mol. The van der Waals surface area contributed by atoms with Crippen LogP contribution in [-0.2, 0) is 16.1 Å². The summed E-state index contributed by atoms with van der Waals surface area (Å²) < 4.78 is 16.3. The topological polar surface area (TPSA) is 89.5 Å². The van der Waals surface area contributed by atoms with Gasteiger partial charge in [-0.15, -0.1) is 0 Å². The molecule has 0 radical (unpaired) electrons. The maximum Gasteiger partial charge on any atom is 0.242 e. The number of amides is 2. The number of carbonyl (C=O) groups is 2. The van der Waals surface area contributed by atoms with Crippen LogP contribution < -0.4 is 19.5 Å². The molecule has 2 heterocycles. The van der Waals surface area contributed by atoms with Gasteiger partial charge in [0.1, 0.15) is 11.0 Å². The zero-order valence-electron chi connectivity index (χ0n) is 18.0. The Hall–Kier alpha value is -3.20. The van der Waals surface area contributed by atoms with E-state index in [2.05, 4.69) is 5.32 Å². The molecule has 0 unspecified atom stereocenters. The lowest BCUT2D eigenvalue weighted by Crippen LogP contribution is -2.34. The largest absolute Gasteiger partial charge is 0.494 e. The van der Waals surface area contributed by atoms with Gasteiger partial charge < -0.3 is 19.5 Å². The van der Waals surface area contributed by atoms with Gasteiger partial charge in [0.2, 0.25) is 18.6 Å². The first-order valence-corrected chi connectivity index (χ1v) is 11.4. The molecule has 2 amide bonds. The monoisotopic (exact) mass is 455 g/mol. The summed E-state index contributed by atoms with van der Waals surface area (Å²) in [6.45, 7) is 5.41. The van der Waals surface area contributed by atoms with Crippen molar-refractivity contribution in [2.45, 2.75) is 32.1 Å². The predicted octanol–water partition coefficient (Wildman–Crippen LogP) is 3.47. The lowest BCUT2D eigenvalue weighted by molar-refractivity contribution is -0.129. The molecule has 1 N–H and O–H groups in total. The number of benzene rings is 2. The molecule has 0 bridgehead atoms. The molecule has 1 atom stereocenters. The van der Waals surface area contributed by atoms with Gasteiger partial charge in [0.25, 0.3) is 0 Å². The number of ether oxygens (including phenoxy) is 3. The normalized spacial score (nSPS) is 18.3. The van der Waals surface area contributed by atoms with Crippen molar-refractivity contribution in [3.63, 3.8) is 0 Å². The maximum atomic E-state index is 13.2. The van der Waals surface area contributed by atoms with Gasteiger partial charge in [-0.05, 0) is 55.8 Å². The Balaban J connectivity index is 1.58. The number of nitrogens with zero attached hydrogens (tertiary/aromatic N) is 2. The van der Waals surface area contributed by atoms with Gasteiger partial charge in [0, 0.05) is 13.0 Å². The summed E-state index contributed by atoms with van der Waals surface area (Å²) in [5.74, 6) is 1.82. The second-order valence-corrected chi connectivity index (χ2v) is 8.37. The van der Waals surface area contributed by atoms with Gasteiger partial charge in [-0.3, -0.25) is 14.5 Å². The fraction of sp³-hybridized carbons (Fsp3) is 0.348. The Bertz CT molecular complexity index is 1020. The average molecular weight is 456 g/mol. The molecule has 0 spiro atoms. The molecule has 2 aliphatic rings. The third-order valence-corrected chi connectivity index (χ3v) is 6.09. The van der Waals surface area contributed by atoms with E-state index >= 15 is 0 Å². The average Bonchev–Trinajstić information content (AvgIpc) is 3.35. The molecule has 0 aliphatic carbocycles. The van der Waals surface area contributed by atoms with Gasteiger partial charge in [-0.25, -0.2) is 4.99 Å². The van der Waals surface area contributed by atoms with E-state index in [0.29, 0.717) is 42.1 Å². The van der Waals surface area contributed by atoms with Crippen LogP contribution in [0.1, 0.15) is 25.8 Å². The standard InChI is InChI=1S/C23H25N3O5S/c1-3-24-21(27)12-20-22(28)26(13-15-5-10-18-19(11-15)31-14-30-18)23(32-20)25-16-6-8-17(9-7-16)29-4-2/h5-11,20H,3-4,12-14H2,1-2H3,(H,24,27)/t20-/m0/s1. The predicted molar refractivity (Wildman–Crippen MR) is 123 cm³/mol. The molecule has 1 fully saturated rings. The maximum absolute atomic E-state index is 13.2. The number of fused-ring (bicyclic) bond motifs is 1. The van der Waals surface area contributed by atoms with Crippen LogP contribution in [0.3, 0.4) is 0 Å². The quantitative estimate of drug-likeness (QED) is 0.656. The number of nitrogens with one attached hydrogen (secondary N) is 1. The van der Waals surface area contributed by atoms with E-state index in [1.165, 1.54) is 11.8 Å². The molecule has 9 heteroatoms. The SMILES string of the molecule is CCNC(=O)C[C@@H]1SC(=Nc2ccc(OCC)cc2)N(Cc2ccc3c(c2)OCO3)C1=O. The van der Waals surface area contributed by atoms with Crippen molar-refractivity contribution < 1.29 is 23.8 Å². The van der Waals surface area contributed by atoms with Crippen molar-refractivity contribution in [2.75, 3.05) is 19.9 Å². The van der Waals surface area contributed by atoms with Crippen LogP contribution in [0.25, 0.3) is 0 Å². The van der Waals surface area contributed by atoms with Crippen LogP contribution in [0, 0.1) is 0 Å². The molecule has 4 rings (SSSR count). The highest BCUT2D eigenvalue weighted by Gasteiger charge is 2.39. The first-order valence-electron chi connectivity index (χ1n) is 10.5. The van der Waals surface area contributed by atoms with Crippen molar-refractivity contribution in [2.24, 2.45) is 4.99 Å². The van der Waals surface area contributed by atoms with Gasteiger partial charge in [0.05, 0.1) is 18.8 Å². The lowest BCUT2D eigenvalue weighted by Gasteiger charge is -2.17. The van der Waals surface area contributed by atoms with Crippen molar-refractivity contribution in [3.8, 4) is 17.2 Å². The Morgan fingerprint density at radius 2 is 1.97 bits per heavy atom. The van der Waals surface area contributed by atoms with E-state index in [4.69, 9.17) is 19.2 Å².